The summed E-state index contributed by atoms with van der Waals surface area (Å²) in [4.78, 5) is 13.4. The second-order valence-corrected chi connectivity index (χ2v) is 2.67. The Morgan fingerprint density at radius 1 is 1.64 bits per heavy atom. The smallest absolute Gasteiger partial charge is 0.248 e. The zero-order valence-corrected chi connectivity index (χ0v) is 7.34. The quantitative estimate of drug-likeness (QED) is 0.314. The molecule has 68 valence electrons. The van der Waals surface area contributed by atoms with E-state index in [0.717, 1.165) is 0 Å². The van der Waals surface area contributed by atoms with Crippen molar-refractivity contribution in [2.24, 2.45) is 10.8 Å². The number of nitrogens with zero attached hydrogens (tertiary/aromatic N) is 3. The van der Waals surface area contributed by atoms with Crippen molar-refractivity contribution in [3.05, 3.63) is 39.8 Å². The van der Waals surface area contributed by atoms with Crippen LogP contribution in [0.1, 0.15) is 15.9 Å². The molecule has 0 aliphatic heterocycles. The molecule has 0 aliphatic rings. The second-order valence-electron chi connectivity index (χ2n) is 2.67. The maximum Gasteiger partial charge on any atom is 0.248 e. The van der Waals surface area contributed by atoms with E-state index in [2.05, 4.69) is 10.0 Å². The standard InChI is InChI=1S/C8H7BN4O/c9-7-2-1-5(8(10)14)3-6(7)4-12-13-11/h1-3H,4H2,(H2,10,14). The minimum absolute atomic E-state index is 0.115. The van der Waals surface area contributed by atoms with Gasteiger partial charge in [0.15, 0.2) is 0 Å². The number of rotatable bonds is 3. The van der Waals surface area contributed by atoms with E-state index in [4.69, 9.17) is 19.1 Å². The van der Waals surface area contributed by atoms with Crippen LogP contribution < -0.4 is 11.2 Å². The predicted octanol–water partition coefficient (Wildman–Crippen LogP) is 0.390. The minimum atomic E-state index is -0.535. The van der Waals surface area contributed by atoms with Crippen molar-refractivity contribution in [2.75, 3.05) is 0 Å². The summed E-state index contributed by atoms with van der Waals surface area (Å²) in [6, 6.07) is 4.60. The van der Waals surface area contributed by atoms with Gasteiger partial charge in [-0.1, -0.05) is 22.7 Å². The summed E-state index contributed by atoms with van der Waals surface area (Å²) in [6.07, 6.45) is 0. The Bertz CT molecular complexity index is 412. The lowest BCUT2D eigenvalue weighted by Gasteiger charge is -2.04. The molecule has 5 nitrogen and oxygen atoms in total. The summed E-state index contributed by atoms with van der Waals surface area (Å²) in [6.45, 7) is 0.115. The van der Waals surface area contributed by atoms with Gasteiger partial charge in [0, 0.05) is 10.5 Å². The molecule has 2 N–H and O–H groups in total. The molecule has 0 atom stereocenters. The van der Waals surface area contributed by atoms with Gasteiger partial charge in [-0.25, -0.2) is 0 Å². The first-order chi connectivity index (χ1) is 6.65. The predicted molar refractivity (Wildman–Crippen MR) is 53.2 cm³/mol. The van der Waals surface area contributed by atoms with Gasteiger partial charge in [-0.2, -0.15) is 0 Å². The monoisotopic (exact) mass is 186 g/mol. The lowest BCUT2D eigenvalue weighted by Crippen LogP contribution is -2.16. The molecule has 2 radical (unpaired) electrons. The third-order valence-electron chi connectivity index (χ3n) is 1.73. The molecule has 6 heteroatoms. The number of benzene rings is 1. The molecule has 0 spiro atoms. The van der Waals surface area contributed by atoms with Crippen LogP contribution in [0.4, 0.5) is 0 Å². The average Bonchev–Trinajstić information content (AvgIpc) is 2.16. The van der Waals surface area contributed by atoms with Crippen LogP contribution in [0.3, 0.4) is 0 Å². The zero-order chi connectivity index (χ0) is 10.6. The summed E-state index contributed by atoms with van der Waals surface area (Å²) in [7, 11) is 5.59. The van der Waals surface area contributed by atoms with Crippen LogP contribution in [0.15, 0.2) is 23.3 Å². The molecule has 1 aromatic rings. The number of hydrogen-bond donors (Lipinski definition) is 1. The molecule has 0 aromatic heterocycles. The molecule has 0 saturated carbocycles. The summed E-state index contributed by atoms with van der Waals surface area (Å²) in [5.74, 6) is -0.535. The number of primary amides is 1. The zero-order valence-electron chi connectivity index (χ0n) is 7.34. The molecule has 0 unspecified atom stereocenters. The Kier molecular flexibility index (Phi) is 3.15. The largest absolute Gasteiger partial charge is 0.366 e. The first kappa shape index (κ1) is 10.1. The van der Waals surface area contributed by atoms with Gasteiger partial charge in [0.05, 0.1) is 6.54 Å². The highest BCUT2D eigenvalue weighted by Gasteiger charge is 2.02. The molecule has 14 heavy (non-hydrogen) atoms. The van der Waals surface area contributed by atoms with Gasteiger partial charge < -0.3 is 5.73 Å². The van der Waals surface area contributed by atoms with E-state index in [9.17, 15) is 4.79 Å². The normalized spacial score (nSPS) is 9.14. The number of carbonyl (C=O) groups is 1. The molecular weight excluding hydrogens is 179 g/mol. The van der Waals surface area contributed by atoms with Crippen LogP contribution in [-0.2, 0) is 6.54 Å². The average molecular weight is 186 g/mol. The Labute approximate surface area is 81.9 Å². The fourth-order valence-corrected chi connectivity index (χ4v) is 1.00. The number of amides is 1. The van der Waals surface area contributed by atoms with Crippen molar-refractivity contribution in [1.29, 1.82) is 0 Å². The molecule has 1 aromatic carbocycles. The van der Waals surface area contributed by atoms with Crippen molar-refractivity contribution in [2.45, 2.75) is 6.54 Å². The summed E-state index contributed by atoms with van der Waals surface area (Å²) >= 11 is 0. The van der Waals surface area contributed by atoms with Crippen molar-refractivity contribution in [1.82, 2.24) is 0 Å². The van der Waals surface area contributed by atoms with E-state index >= 15 is 0 Å². The van der Waals surface area contributed by atoms with Crippen molar-refractivity contribution >= 4 is 19.2 Å². The van der Waals surface area contributed by atoms with Crippen LogP contribution in [0.25, 0.3) is 10.4 Å². The molecule has 0 heterocycles. The fourth-order valence-electron chi connectivity index (χ4n) is 1.00. The van der Waals surface area contributed by atoms with Crippen LogP contribution in [0, 0.1) is 0 Å². The number of azide groups is 1. The Balaban J connectivity index is 3.07. The number of hydrogen-bond acceptors (Lipinski definition) is 2. The van der Waals surface area contributed by atoms with Gasteiger partial charge in [0.25, 0.3) is 0 Å². The van der Waals surface area contributed by atoms with Gasteiger partial charge in [-0.15, -0.1) is 0 Å². The molecule has 0 aliphatic carbocycles. The Morgan fingerprint density at radius 3 is 2.93 bits per heavy atom. The van der Waals surface area contributed by atoms with Crippen LogP contribution in [0.5, 0.6) is 0 Å². The van der Waals surface area contributed by atoms with E-state index in [1.54, 1.807) is 6.07 Å². The molecule has 0 saturated heterocycles. The van der Waals surface area contributed by atoms with Gasteiger partial charge in [0.1, 0.15) is 7.85 Å². The van der Waals surface area contributed by atoms with E-state index in [1.807, 2.05) is 0 Å². The third-order valence-corrected chi connectivity index (χ3v) is 1.73. The van der Waals surface area contributed by atoms with Crippen LogP contribution >= 0.6 is 0 Å². The molecule has 0 fully saturated rings. The fraction of sp³-hybridized carbons (Fsp3) is 0.125. The summed E-state index contributed by atoms with van der Waals surface area (Å²) < 4.78 is 0. The maximum atomic E-state index is 10.8. The number of carbonyl (C=O) groups excluding carboxylic acids is 1. The van der Waals surface area contributed by atoms with E-state index < -0.39 is 5.91 Å². The van der Waals surface area contributed by atoms with Gasteiger partial charge in [0.2, 0.25) is 5.91 Å². The highest BCUT2D eigenvalue weighted by atomic mass is 16.1. The van der Waals surface area contributed by atoms with Crippen molar-refractivity contribution in [3.8, 4) is 0 Å². The Hall–Kier alpha value is -1.94. The maximum absolute atomic E-state index is 10.8. The topological polar surface area (TPSA) is 91.9 Å². The first-order valence-electron chi connectivity index (χ1n) is 3.84. The Morgan fingerprint density at radius 2 is 2.36 bits per heavy atom. The molecular formula is C8H7BN4O. The minimum Gasteiger partial charge on any atom is -0.366 e. The van der Waals surface area contributed by atoms with Gasteiger partial charge >= 0.3 is 0 Å². The first-order valence-corrected chi connectivity index (χ1v) is 3.84. The lowest BCUT2D eigenvalue weighted by molar-refractivity contribution is 0.1000. The SMILES string of the molecule is [B]c1ccc(C(N)=O)cc1CN=[N+]=[N-]. The van der Waals surface area contributed by atoms with Crippen LogP contribution in [-0.4, -0.2) is 13.8 Å². The molecule has 0 bridgehead atoms. The van der Waals surface area contributed by atoms with E-state index in [-0.39, 0.29) is 6.54 Å². The van der Waals surface area contributed by atoms with E-state index in [0.29, 0.717) is 16.6 Å². The molecule has 1 amide bonds. The highest BCUT2D eigenvalue weighted by Crippen LogP contribution is 2.03. The van der Waals surface area contributed by atoms with Gasteiger partial charge in [-0.05, 0) is 17.2 Å². The van der Waals surface area contributed by atoms with Gasteiger partial charge in [-0.3, -0.25) is 4.79 Å². The van der Waals surface area contributed by atoms with Crippen molar-refractivity contribution in [3.63, 3.8) is 0 Å². The van der Waals surface area contributed by atoms with Crippen LogP contribution in [0.2, 0.25) is 0 Å². The van der Waals surface area contributed by atoms with E-state index in [1.165, 1.54) is 12.1 Å². The summed E-state index contributed by atoms with van der Waals surface area (Å²) in [5, 5.41) is 3.35. The lowest BCUT2D eigenvalue weighted by atomic mass is 9.89. The third kappa shape index (κ3) is 2.28. The highest BCUT2D eigenvalue weighted by molar-refractivity contribution is 6.33. The second kappa shape index (κ2) is 4.34. The van der Waals surface area contributed by atoms with Crippen molar-refractivity contribution < 1.29 is 4.79 Å². The molecule has 1 rings (SSSR count). The number of nitrogens with two attached hydrogens (primary N) is 1. The summed E-state index contributed by atoms with van der Waals surface area (Å²) in [5.41, 5.74) is 14.6.